The number of aliphatic hydroxyl groups excluding tert-OH is 1. The molecule has 0 atom stereocenters. The summed E-state index contributed by atoms with van der Waals surface area (Å²) in [5.74, 6) is 0.698. The quantitative estimate of drug-likeness (QED) is 0.790. The molecule has 0 fully saturated rings. The molecule has 0 amide bonds. The summed E-state index contributed by atoms with van der Waals surface area (Å²) >= 11 is 3.30. The smallest absolute Gasteiger partial charge is 0.226 e. The minimum atomic E-state index is 0.148. The minimum absolute atomic E-state index is 0.148. The van der Waals surface area contributed by atoms with Gasteiger partial charge in [0.25, 0.3) is 0 Å². The van der Waals surface area contributed by atoms with Crippen LogP contribution in [0, 0.1) is 0 Å². The summed E-state index contributed by atoms with van der Waals surface area (Å²) in [6, 6.07) is 0. The molecule has 1 aromatic rings. The molecule has 68 valence electrons. The number of ether oxygens (including phenoxy) is 1. The van der Waals surface area contributed by atoms with Crippen molar-refractivity contribution in [1.29, 1.82) is 0 Å². The van der Waals surface area contributed by atoms with Crippen LogP contribution in [0.3, 0.4) is 0 Å². The van der Waals surface area contributed by atoms with Gasteiger partial charge in [0, 0.05) is 20.1 Å². The van der Waals surface area contributed by atoms with E-state index in [9.17, 15) is 0 Å². The van der Waals surface area contributed by atoms with Crippen molar-refractivity contribution in [3.8, 4) is 5.88 Å². The van der Waals surface area contributed by atoms with Gasteiger partial charge in [0.2, 0.25) is 5.88 Å². The van der Waals surface area contributed by atoms with Gasteiger partial charge in [0.05, 0.1) is 17.3 Å². The van der Waals surface area contributed by atoms with Gasteiger partial charge in [-0.25, -0.2) is 4.68 Å². The molecular weight excluding hydrogens is 224 g/mol. The molecule has 0 spiro atoms. The van der Waals surface area contributed by atoms with Crippen LogP contribution in [0.2, 0.25) is 0 Å². The van der Waals surface area contributed by atoms with Crippen molar-refractivity contribution in [2.24, 2.45) is 7.05 Å². The molecule has 0 aliphatic rings. The third-order valence-electron chi connectivity index (χ3n) is 1.38. The predicted octanol–water partition coefficient (Wildman–Crippen LogP) is 0.944. The van der Waals surface area contributed by atoms with E-state index in [0.29, 0.717) is 18.9 Å². The number of hydrogen-bond donors (Lipinski definition) is 1. The lowest BCUT2D eigenvalue weighted by Crippen LogP contribution is -2.04. The molecule has 0 aromatic carbocycles. The number of aliphatic hydroxyl groups is 1. The van der Waals surface area contributed by atoms with Crippen LogP contribution in [0.4, 0.5) is 0 Å². The molecule has 4 nitrogen and oxygen atoms in total. The summed E-state index contributed by atoms with van der Waals surface area (Å²) in [7, 11) is 1.80. The third kappa shape index (κ3) is 2.22. The van der Waals surface area contributed by atoms with Gasteiger partial charge in [-0.2, -0.15) is 5.10 Å². The lowest BCUT2D eigenvalue weighted by Gasteiger charge is -2.04. The molecule has 0 radical (unpaired) electrons. The summed E-state index contributed by atoms with van der Waals surface area (Å²) in [5.41, 5.74) is 0. The van der Waals surface area contributed by atoms with Crippen LogP contribution < -0.4 is 4.74 Å². The number of rotatable bonds is 4. The van der Waals surface area contributed by atoms with E-state index in [1.165, 1.54) is 0 Å². The van der Waals surface area contributed by atoms with Gasteiger partial charge >= 0.3 is 0 Å². The van der Waals surface area contributed by atoms with Gasteiger partial charge in [0.1, 0.15) is 0 Å². The van der Waals surface area contributed by atoms with Gasteiger partial charge in [-0.3, -0.25) is 0 Å². The van der Waals surface area contributed by atoms with E-state index < -0.39 is 0 Å². The fourth-order valence-corrected chi connectivity index (χ4v) is 1.26. The van der Waals surface area contributed by atoms with Gasteiger partial charge in [-0.05, 0) is 15.9 Å². The van der Waals surface area contributed by atoms with Crippen LogP contribution >= 0.6 is 15.9 Å². The summed E-state index contributed by atoms with van der Waals surface area (Å²) in [6.45, 7) is 0.657. The number of halogens is 1. The fraction of sp³-hybridized carbons (Fsp3) is 0.571. The summed E-state index contributed by atoms with van der Waals surface area (Å²) in [4.78, 5) is 0. The number of nitrogens with zero attached hydrogens (tertiary/aromatic N) is 2. The zero-order valence-electron chi connectivity index (χ0n) is 6.83. The molecule has 1 aromatic heterocycles. The van der Waals surface area contributed by atoms with E-state index in [4.69, 9.17) is 9.84 Å². The molecular formula is C7H11BrN2O2. The van der Waals surface area contributed by atoms with Crippen molar-refractivity contribution >= 4 is 15.9 Å². The van der Waals surface area contributed by atoms with Crippen LogP contribution in [0.1, 0.15) is 6.42 Å². The number of hydrogen-bond acceptors (Lipinski definition) is 3. The molecule has 1 rings (SSSR count). The molecule has 0 bridgehead atoms. The maximum absolute atomic E-state index is 8.52. The van der Waals surface area contributed by atoms with Crippen LogP contribution in [0.15, 0.2) is 10.7 Å². The van der Waals surface area contributed by atoms with Crippen LogP contribution in [-0.4, -0.2) is 28.1 Å². The van der Waals surface area contributed by atoms with Crippen molar-refractivity contribution in [2.45, 2.75) is 6.42 Å². The van der Waals surface area contributed by atoms with Crippen LogP contribution in [-0.2, 0) is 7.05 Å². The summed E-state index contributed by atoms with van der Waals surface area (Å²) < 4.78 is 7.82. The standard InChI is InChI=1S/C7H11BrN2O2/c1-10-7(6(8)5-9-10)12-4-2-3-11/h5,11H,2-4H2,1H3. The highest BCUT2D eigenvalue weighted by atomic mass is 79.9. The average Bonchev–Trinajstić information content (AvgIpc) is 2.35. The Kier molecular flexibility index (Phi) is 3.55. The molecule has 1 N–H and O–H groups in total. The van der Waals surface area contributed by atoms with Gasteiger partial charge in [0.15, 0.2) is 0 Å². The topological polar surface area (TPSA) is 47.3 Å². The number of aryl methyl sites for hydroxylation is 1. The monoisotopic (exact) mass is 234 g/mol. The van der Waals surface area contributed by atoms with Crippen molar-refractivity contribution in [2.75, 3.05) is 13.2 Å². The second-order valence-corrected chi connectivity index (χ2v) is 3.20. The molecule has 0 aliphatic carbocycles. The first-order valence-corrected chi connectivity index (χ1v) is 4.46. The Morgan fingerprint density at radius 1 is 1.75 bits per heavy atom. The zero-order valence-corrected chi connectivity index (χ0v) is 8.41. The zero-order chi connectivity index (χ0) is 8.97. The van der Waals surface area contributed by atoms with E-state index in [0.717, 1.165) is 4.47 Å². The Hall–Kier alpha value is -0.550. The maximum atomic E-state index is 8.52. The number of aromatic nitrogens is 2. The van der Waals surface area contributed by atoms with Crippen LogP contribution in [0.25, 0.3) is 0 Å². The van der Waals surface area contributed by atoms with E-state index in [-0.39, 0.29) is 6.61 Å². The van der Waals surface area contributed by atoms with Gasteiger partial charge < -0.3 is 9.84 Å². The first-order chi connectivity index (χ1) is 5.75. The Bertz CT molecular complexity index is 230. The Morgan fingerprint density at radius 2 is 2.50 bits per heavy atom. The third-order valence-corrected chi connectivity index (χ3v) is 1.93. The van der Waals surface area contributed by atoms with Crippen molar-refractivity contribution in [1.82, 2.24) is 9.78 Å². The fourth-order valence-electron chi connectivity index (χ4n) is 0.795. The lowest BCUT2D eigenvalue weighted by atomic mass is 10.5. The van der Waals surface area contributed by atoms with E-state index in [1.807, 2.05) is 0 Å². The molecule has 1 heterocycles. The van der Waals surface area contributed by atoms with E-state index in [1.54, 1.807) is 17.9 Å². The highest BCUT2D eigenvalue weighted by Gasteiger charge is 2.05. The predicted molar refractivity (Wildman–Crippen MR) is 48.1 cm³/mol. The largest absolute Gasteiger partial charge is 0.477 e. The second kappa shape index (κ2) is 4.47. The molecule has 5 heteroatoms. The van der Waals surface area contributed by atoms with Crippen molar-refractivity contribution < 1.29 is 9.84 Å². The average molecular weight is 235 g/mol. The normalized spacial score (nSPS) is 10.2. The Morgan fingerprint density at radius 3 is 3.00 bits per heavy atom. The SMILES string of the molecule is Cn1ncc(Br)c1OCCCO. The molecule has 12 heavy (non-hydrogen) atoms. The molecule has 0 saturated carbocycles. The summed E-state index contributed by atoms with van der Waals surface area (Å²) in [5, 5.41) is 12.5. The maximum Gasteiger partial charge on any atom is 0.226 e. The van der Waals surface area contributed by atoms with Gasteiger partial charge in [-0.1, -0.05) is 0 Å². The minimum Gasteiger partial charge on any atom is -0.477 e. The second-order valence-electron chi connectivity index (χ2n) is 2.35. The summed E-state index contributed by atoms with van der Waals surface area (Å²) in [6.07, 6.45) is 2.31. The highest BCUT2D eigenvalue weighted by Crippen LogP contribution is 2.22. The van der Waals surface area contributed by atoms with Crippen LogP contribution in [0.5, 0.6) is 5.88 Å². The molecule has 0 unspecified atom stereocenters. The first-order valence-electron chi connectivity index (χ1n) is 3.67. The van der Waals surface area contributed by atoms with E-state index in [2.05, 4.69) is 21.0 Å². The molecule has 0 saturated heterocycles. The van der Waals surface area contributed by atoms with Gasteiger partial charge in [-0.15, -0.1) is 0 Å². The first kappa shape index (κ1) is 9.54. The molecule has 0 aliphatic heterocycles. The lowest BCUT2D eigenvalue weighted by molar-refractivity contribution is 0.223. The van der Waals surface area contributed by atoms with E-state index >= 15 is 0 Å². The Balaban J connectivity index is 2.50. The van der Waals surface area contributed by atoms with Crippen molar-refractivity contribution in [3.63, 3.8) is 0 Å². The Labute approximate surface area is 79.3 Å². The van der Waals surface area contributed by atoms with Crippen molar-refractivity contribution in [3.05, 3.63) is 10.7 Å². The highest BCUT2D eigenvalue weighted by molar-refractivity contribution is 9.10.